The third-order valence-corrected chi connectivity index (χ3v) is 12.4. The second-order valence-corrected chi connectivity index (χ2v) is 15.0. The molecule has 2 unspecified atom stereocenters. The highest BCUT2D eigenvalue weighted by molar-refractivity contribution is 7.23. The number of benzene rings is 2. The molecule has 4 fully saturated rings. The van der Waals surface area contributed by atoms with Gasteiger partial charge < -0.3 is 10.6 Å². The predicted molar refractivity (Wildman–Crippen MR) is 182 cm³/mol. The number of hydrogen-bond acceptors (Lipinski definition) is 7. The minimum atomic E-state index is -1.44. The van der Waals surface area contributed by atoms with Crippen LogP contribution in [0.2, 0.25) is 5.02 Å². The fraction of sp³-hybridized carbons (Fsp3) is 0.417. The van der Waals surface area contributed by atoms with Gasteiger partial charge in [0.05, 0.1) is 20.7 Å². The number of hydrogen-bond donors (Lipinski definition) is 1. The molecule has 2 saturated carbocycles. The molecule has 248 valence electrons. The molecule has 2 saturated heterocycles. The summed E-state index contributed by atoms with van der Waals surface area (Å²) in [5.41, 5.74) is 8.06. The third-order valence-electron chi connectivity index (χ3n) is 10.9. The van der Waals surface area contributed by atoms with E-state index in [-0.39, 0.29) is 48.3 Å². The number of thiophene rings is 1. The molecule has 3 aliphatic heterocycles. The SMILES string of the molecule is C=CC1CCc2c(Cl)c(-c3ccc(F)c4sc(N)c(C#N)c34)c(F)c3nc(CC)nc(c23)N1C12CC1C2.FC(F)=C1CC2CCCN2C1. The Morgan fingerprint density at radius 3 is 2.65 bits per heavy atom. The van der Waals surface area contributed by atoms with Crippen LogP contribution in [0.1, 0.15) is 62.4 Å². The summed E-state index contributed by atoms with van der Waals surface area (Å²) in [5.74, 6) is 0.811. The number of anilines is 2. The van der Waals surface area contributed by atoms with Crippen molar-refractivity contribution in [2.45, 2.75) is 75.9 Å². The molecule has 0 amide bonds. The zero-order chi connectivity index (χ0) is 33.6. The summed E-state index contributed by atoms with van der Waals surface area (Å²) >= 11 is 8.03. The molecule has 0 spiro atoms. The van der Waals surface area contributed by atoms with Crippen molar-refractivity contribution in [2.75, 3.05) is 23.7 Å². The van der Waals surface area contributed by atoms with E-state index in [1.165, 1.54) is 18.6 Å². The van der Waals surface area contributed by atoms with Crippen LogP contribution in [0, 0.1) is 28.9 Å². The van der Waals surface area contributed by atoms with Gasteiger partial charge in [-0.3, -0.25) is 4.90 Å². The van der Waals surface area contributed by atoms with E-state index in [1.807, 2.05) is 13.0 Å². The van der Waals surface area contributed by atoms with Crippen molar-refractivity contribution in [1.82, 2.24) is 14.9 Å². The van der Waals surface area contributed by atoms with Crippen molar-refractivity contribution in [3.8, 4) is 17.2 Å². The smallest absolute Gasteiger partial charge is 0.270 e. The lowest BCUT2D eigenvalue weighted by Crippen LogP contribution is -2.40. The Morgan fingerprint density at radius 2 is 2.00 bits per heavy atom. The average molecular weight is 693 g/mol. The van der Waals surface area contributed by atoms with E-state index < -0.39 is 17.7 Å². The Labute approximate surface area is 284 Å². The van der Waals surface area contributed by atoms with Crippen LogP contribution < -0.4 is 10.6 Å². The van der Waals surface area contributed by atoms with Gasteiger partial charge in [0.2, 0.25) is 0 Å². The van der Waals surface area contributed by atoms with Crippen molar-refractivity contribution >= 4 is 54.7 Å². The third kappa shape index (κ3) is 4.66. The van der Waals surface area contributed by atoms with Crippen molar-refractivity contribution in [1.29, 1.82) is 5.26 Å². The van der Waals surface area contributed by atoms with Crippen LogP contribution in [-0.2, 0) is 12.8 Å². The maximum atomic E-state index is 16.7. The fourth-order valence-corrected chi connectivity index (χ4v) is 9.52. The highest BCUT2D eigenvalue weighted by Gasteiger charge is 2.74. The molecule has 2 aromatic carbocycles. The topological polar surface area (TPSA) is 82.1 Å². The lowest BCUT2D eigenvalue weighted by molar-refractivity contribution is 0.326. The van der Waals surface area contributed by atoms with Gasteiger partial charge in [-0.25, -0.2) is 18.7 Å². The maximum Gasteiger partial charge on any atom is 0.270 e. The Hall–Kier alpha value is -3.72. The van der Waals surface area contributed by atoms with E-state index in [1.54, 1.807) is 0 Å². The zero-order valence-corrected chi connectivity index (χ0v) is 27.9. The predicted octanol–water partition coefficient (Wildman–Crippen LogP) is 8.93. The molecule has 2 atom stereocenters. The minimum Gasteiger partial charge on any atom is -0.389 e. The molecule has 6 nitrogen and oxygen atoms in total. The van der Waals surface area contributed by atoms with Crippen molar-refractivity contribution in [2.24, 2.45) is 5.92 Å². The molecule has 0 bridgehead atoms. The molecule has 4 aromatic rings. The van der Waals surface area contributed by atoms with Crippen LogP contribution in [0.3, 0.4) is 0 Å². The standard InChI is InChI=1S/C28H22ClF2N5S.C8H11F2N/c1-3-13-5-6-15-21-24(34-18(4-2)35-27(21)36(13)28-9-12(28)10-28)23(31)20(22(15)29)14-7-8-17(30)25-19(14)16(11-32)26(33)37-25;9-8(10)6-4-7-2-1-3-11(7)5-6/h3,7-8,12-13H,1,4-6,9-10,33H2,2H3;7H,1-5H2. The summed E-state index contributed by atoms with van der Waals surface area (Å²) in [5, 5.41) is 11.1. The number of halogens is 5. The highest BCUT2D eigenvalue weighted by Crippen LogP contribution is 2.72. The quantitative estimate of drug-likeness (QED) is 0.170. The summed E-state index contributed by atoms with van der Waals surface area (Å²) in [7, 11) is 0. The van der Waals surface area contributed by atoms with Crippen LogP contribution in [0.25, 0.3) is 32.1 Å². The summed E-state index contributed by atoms with van der Waals surface area (Å²) in [6.45, 7) is 7.59. The van der Waals surface area contributed by atoms with Gasteiger partial charge in [0.1, 0.15) is 34.0 Å². The number of aromatic nitrogens is 2. The number of nitrogen functional groups attached to an aromatic ring is 1. The van der Waals surface area contributed by atoms with E-state index in [0.29, 0.717) is 60.1 Å². The zero-order valence-electron chi connectivity index (χ0n) is 26.4. The molecule has 5 aliphatic rings. The number of aryl methyl sites for hydroxylation is 2. The Balaban J connectivity index is 0.000000259. The van der Waals surface area contributed by atoms with E-state index in [2.05, 4.69) is 27.4 Å². The normalized spacial score (nSPS) is 25.3. The second kappa shape index (κ2) is 11.4. The van der Waals surface area contributed by atoms with Crippen LogP contribution in [0.5, 0.6) is 0 Å². The number of fused-ring (bicyclic) bond motifs is 3. The second-order valence-electron chi connectivity index (χ2n) is 13.5. The van der Waals surface area contributed by atoms with Gasteiger partial charge >= 0.3 is 0 Å². The van der Waals surface area contributed by atoms with Crippen molar-refractivity contribution in [3.63, 3.8) is 0 Å². The van der Waals surface area contributed by atoms with E-state index in [9.17, 15) is 18.4 Å². The van der Waals surface area contributed by atoms with Gasteiger partial charge in [0.25, 0.3) is 6.08 Å². The summed E-state index contributed by atoms with van der Waals surface area (Å²) < 4.78 is 55.8. The van der Waals surface area contributed by atoms with Crippen LogP contribution in [0.4, 0.5) is 28.4 Å². The van der Waals surface area contributed by atoms with Gasteiger partial charge in [0, 0.05) is 47.1 Å². The fourth-order valence-electron chi connectivity index (χ4n) is 8.20. The number of rotatable bonds is 4. The molecule has 5 heterocycles. The van der Waals surface area contributed by atoms with E-state index in [4.69, 9.17) is 22.3 Å². The Kier molecular flexibility index (Phi) is 7.51. The van der Waals surface area contributed by atoms with Crippen LogP contribution in [-0.4, -0.2) is 45.6 Å². The molecular formula is C36H33ClF4N6S. The molecule has 48 heavy (non-hydrogen) atoms. The first-order valence-electron chi connectivity index (χ1n) is 16.4. The molecule has 0 radical (unpaired) electrons. The first kappa shape index (κ1) is 31.5. The lowest BCUT2D eigenvalue weighted by atomic mass is 9.93. The molecule has 12 heteroatoms. The molecule has 2 aliphatic carbocycles. The Morgan fingerprint density at radius 1 is 1.23 bits per heavy atom. The monoisotopic (exact) mass is 692 g/mol. The van der Waals surface area contributed by atoms with E-state index in [0.717, 1.165) is 54.9 Å². The first-order valence-corrected chi connectivity index (χ1v) is 17.6. The number of nitrogens with two attached hydrogens (primary N) is 1. The van der Waals surface area contributed by atoms with Gasteiger partial charge in [-0.2, -0.15) is 14.0 Å². The van der Waals surface area contributed by atoms with Crippen molar-refractivity contribution < 1.29 is 17.6 Å². The molecule has 2 N–H and O–H groups in total. The Bertz CT molecular complexity index is 2100. The largest absolute Gasteiger partial charge is 0.389 e. The van der Waals surface area contributed by atoms with Gasteiger partial charge in [-0.15, -0.1) is 17.9 Å². The summed E-state index contributed by atoms with van der Waals surface area (Å²) in [4.78, 5) is 14.1. The summed E-state index contributed by atoms with van der Waals surface area (Å²) in [6, 6.07) is 5.29. The van der Waals surface area contributed by atoms with Crippen LogP contribution >= 0.6 is 22.9 Å². The van der Waals surface area contributed by atoms with Gasteiger partial charge in [0.15, 0.2) is 5.82 Å². The number of nitriles is 1. The average Bonchev–Trinajstić information content (AvgIpc) is 3.73. The first-order chi connectivity index (χ1) is 23.1. The molecule has 9 rings (SSSR count). The van der Waals surface area contributed by atoms with Gasteiger partial charge in [-0.05, 0) is 74.6 Å². The molecule has 2 aromatic heterocycles. The van der Waals surface area contributed by atoms with Gasteiger partial charge in [-0.1, -0.05) is 30.7 Å². The van der Waals surface area contributed by atoms with E-state index >= 15 is 4.39 Å². The molecular weight excluding hydrogens is 660 g/mol. The minimum absolute atomic E-state index is 0.0460. The highest BCUT2D eigenvalue weighted by atomic mass is 35.5. The van der Waals surface area contributed by atoms with Crippen LogP contribution in [0.15, 0.2) is 36.4 Å². The van der Waals surface area contributed by atoms with Crippen molar-refractivity contribution in [3.05, 3.63) is 70.0 Å². The maximum absolute atomic E-state index is 16.7. The summed E-state index contributed by atoms with van der Waals surface area (Å²) in [6.07, 6.45) is 7.51. The number of nitrogens with zero attached hydrogens (tertiary/aromatic N) is 5. The lowest BCUT2D eigenvalue weighted by Gasteiger charge is -2.33.